The molecule has 0 spiro atoms. The number of aryl methyl sites for hydroxylation is 2. The molecule has 148 valence electrons. The fourth-order valence-electron chi connectivity index (χ4n) is 2.77. The van der Waals surface area contributed by atoms with Gasteiger partial charge in [0.2, 0.25) is 0 Å². The third-order valence-corrected chi connectivity index (χ3v) is 5.24. The highest BCUT2D eigenvalue weighted by molar-refractivity contribution is 7.51. The maximum absolute atomic E-state index is 11.2. The van der Waals surface area contributed by atoms with Gasteiger partial charge in [0, 0.05) is 45.4 Å². The number of nitrogens with zero attached hydrogens (tertiary/aromatic N) is 6. The molecule has 2 aromatic heterocycles. The molecular weight excluding hydrogens is 391 g/mol. The van der Waals surface area contributed by atoms with Gasteiger partial charge in [-0.1, -0.05) is 25.4 Å². The first-order valence-corrected chi connectivity index (χ1v) is 11.0. The van der Waals surface area contributed by atoms with Crippen molar-refractivity contribution in [3.05, 3.63) is 16.8 Å². The van der Waals surface area contributed by atoms with Crippen molar-refractivity contribution in [1.82, 2.24) is 24.4 Å². The number of fused-ring (bicyclic) bond motifs is 1. The minimum atomic E-state index is -4.09. The topological polar surface area (TPSA) is 128 Å². The van der Waals surface area contributed by atoms with Crippen molar-refractivity contribution in [1.29, 1.82) is 5.26 Å². The smallest absolute Gasteiger partial charge is 0.324 e. The van der Waals surface area contributed by atoms with Crippen LogP contribution in [-0.4, -0.2) is 60.0 Å². The zero-order chi connectivity index (χ0) is 20.0. The molecule has 0 aliphatic rings. The average Bonchev–Trinajstić information content (AvgIpc) is 2.98. The quantitative estimate of drug-likeness (QED) is 0.446. The van der Waals surface area contributed by atoms with E-state index in [0.29, 0.717) is 61.0 Å². The van der Waals surface area contributed by atoms with Crippen LogP contribution in [0.2, 0.25) is 5.15 Å². The molecule has 0 atom stereocenters. The summed E-state index contributed by atoms with van der Waals surface area (Å²) in [7, 11) is -4.09. The molecule has 9 nitrogen and oxygen atoms in total. The lowest BCUT2D eigenvalue weighted by molar-refractivity contribution is 0.274. The Balaban J connectivity index is 2.25. The highest BCUT2D eigenvalue weighted by Gasteiger charge is 2.19. The Morgan fingerprint density at radius 3 is 2.52 bits per heavy atom. The molecule has 2 N–H and O–H groups in total. The molecule has 0 bridgehead atoms. The van der Waals surface area contributed by atoms with Crippen LogP contribution in [0, 0.1) is 11.3 Å². The number of rotatable bonds is 10. The molecule has 0 aromatic carbocycles. The van der Waals surface area contributed by atoms with E-state index in [1.165, 1.54) is 0 Å². The second-order valence-electron chi connectivity index (χ2n) is 6.13. The molecule has 0 fully saturated rings. The van der Waals surface area contributed by atoms with Crippen LogP contribution in [0.3, 0.4) is 0 Å². The Kier molecular flexibility index (Phi) is 7.71. The zero-order valence-corrected chi connectivity index (χ0v) is 17.1. The number of hydrogen-bond donors (Lipinski definition) is 2. The van der Waals surface area contributed by atoms with E-state index in [9.17, 15) is 4.57 Å². The summed E-state index contributed by atoms with van der Waals surface area (Å²) in [6.45, 7) is 5.65. The summed E-state index contributed by atoms with van der Waals surface area (Å²) in [5.41, 5.74) is 1.23. The lowest BCUT2D eigenvalue weighted by Gasteiger charge is -2.22. The van der Waals surface area contributed by atoms with E-state index in [2.05, 4.69) is 21.0 Å². The lowest BCUT2D eigenvalue weighted by Crippen LogP contribution is -2.31. The van der Waals surface area contributed by atoms with Gasteiger partial charge in [-0.3, -0.25) is 9.46 Å². The van der Waals surface area contributed by atoms with Gasteiger partial charge in [0.05, 0.1) is 12.2 Å². The van der Waals surface area contributed by atoms with Crippen LogP contribution in [0.1, 0.15) is 31.9 Å². The van der Waals surface area contributed by atoms with Gasteiger partial charge in [0.1, 0.15) is 17.2 Å². The van der Waals surface area contributed by atoms with Crippen molar-refractivity contribution >= 4 is 30.4 Å². The van der Waals surface area contributed by atoms with Gasteiger partial charge in [-0.15, -0.1) is 0 Å². The third-order valence-electron chi connectivity index (χ3n) is 4.20. The van der Waals surface area contributed by atoms with Crippen molar-refractivity contribution in [3.63, 3.8) is 0 Å². The zero-order valence-electron chi connectivity index (χ0n) is 15.5. The second kappa shape index (κ2) is 9.58. The molecule has 0 saturated carbocycles. The van der Waals surface area contributed by atoms with Gasteiger partial charge in [0.15, 0.2) is 10.8 Å². The monoisotopic (exact) mass is 414 g/mol. The highest BCUT2D eigenvalue weighted by atomic mass is 35.5. The van der Waals surface area contributed by atoms with Gasteiger partial charge in [-0.25, -0.2) is 15.0 Å². The van der Waals surface area contributed by atoms with Crippen LogP contribution in [0.4, 0.5) is 0 Å². The first kappa shape index (κ1) is 21.7. The number of nitriles is 1. The predicted molar refractivity (Wildman–Crippen MR) is 103 cm³/mol. The fourth-order valence-corrected chi connectivity index (χ4v) is 3.54. The SMILES string of the molecule is CCc1nc(Cl)c2nc(CC)n(CCN(CCC#N)CCP(=O)(O)O)c2n1. The first-order chi connectivity index (χ1) is 12.8. The maximum atomic E-state index is 11.2. The van der Waals surface area contributed by atoms with Crippen molar-refractivity contribution in [2.24, 2.45) is 0 Å². The molecule has 2 rings (SSSR count). The maximum Gasteiger partial charge on any atom is 0.326 e. The van der Waals surface area contributed by atoms with E-state index >= 15 is 0 Å². The summed E-state index contributed by atoms with van der Waals surface area (Å²) < 4.78 is 13.2. The Hall–Kier alpha value is -1.56. The average molecular weight is 415 g/mol. The Labute approximate surface area is 163 Å². The van der Waals surface area contributed by atoms with Gasteiger partial charge in [0.25, 0.3) is 0 Å². The second-order valence-corrected chi connectivity index (χ2v) is 8.26. The molecular formula is C16H24ClN6O3P. The summed E-state index contributed by atoms with van der Waals surface area (Å²) in [5, 5.41) is 9.16. The number of hydrogen-bond acceptors (Lipinski definition) is 6. The number of aromatic nitrogens is 4. The van der Waals surface area contributed by atoms with Crippen LogP contribution >= 0.6 is 19.2 Å². The molecule has 0 aliphatic carbocycles. The van der Waals surface area contributed by atoms with Crippen LogP contribution in [0.25, 0.3) is 11.2 Å². The normalized spacial score (nSPS) is 12.0. The van der Waals surface area contributed by atoms with Crippen molar-refractivity contribution < 1.29 is 14.4 Å². The molecule has 0 amide bonds. The summed E-state index contributed by atoms with van der Waals surface area (Å²) in [6, 6.07) is 2.07. The molecule has 0 saturated heterocycles. The molecule has 27 heavy (non-hydrogen) atoms. The van der Waals surface area contributed by atoms with Crippen LogP contribution < -0.4 is 0 Å². The van der Waals surface area contributed by atoms with Crippen LogP contribution in [0.15, 0.2) is 0 Å². The predicted octanol–water partition coefficient (Wildman–Crippen LogP) is 2.00. The van der Waals surface area contributed by atoms with E-state index in [1.54, 1.807) is 0 Å². The summed E-state index contributed by atoms with van der Waals surface area (Å²) in [6.07, 6.45) is 1.39. The fraction of sp³-hybridized carbons (Fsp3) is 0.625. The van der Waals surface area contributed by atoms with Gasteiger partial charge in [-0.05, 0) is 0 Å². The van der Waals surface area contributed by atoms with Crippen molar-refractivity contribution in [2.45, 2.75) is 39.7 Å². The van der Waals surface area contributed by atoms with Gasteiger partial charge in [-0.2, -0.15) is 5.26 Å². The van der Waals surface area contributed by atoms with Crippen LogP contribution in [-0.2, 0) is 24.0 Å². The summed E-state index contributed by atoms with van der Waals surface area (Å²) >= 11 is 6.25. The van der Waals surface area contributed by atoms with Crippen molar-refractivity contribution in [2.75, 3.05) is 25.8 Å². The number of imidazole rings is 1. The third kappa shape index (κ3) is 5.96. The van der Waals surface area contributed by atoms with E-state index in [4.69, 9.17) is 26.6 Å². The highest BCUT2D eigenvalue weighted by Crippen LogP contribution is 2.33. The Bertz CT molecular complexity index is 875. The minimum Gasteiger partial charge on any atom is -0.324 e. The van der Waals surface area contributed by atoms with E-state index in [1.807, 2.05) is 23.3 Å². The Morgan fingerprint density at radius 2 is 1.93 bits per heavy atom. The van der Waals surface area contributed by atoms with Crippen LogP contribution in [0.5, 0.6) is 0 Å². The van der Waals surface area contributed by atoms with Gasteiger partial charge < -0.3 is 14.4 Å². The molecule has 11 heteroatoms. The lowest BCUT2D eigenvalue weighted by atomic mass is 10.3. The largest absolute Gasteiger partial charge is 0.326 e. The van der Waals surface area contributed by atoms with Gasteiger partial charge >= 0.3 is 7.60 Å². The summed E-state index contributed by atoms with van der Waals surface area (Å²) in [5.74, 6) is 1.46. The Morgan fingerprint density at radius 1 is 1.19 bits per heavy atom. The molecule has 2 heterocycles. The molecule has 0 aliphatic heterocycles. The molecule has 0 unspecified atom stereocenters. The van der Waals surface area contributed by atoms with Crippen molar-refractivity contribution in [3.8, 4) is 6.07 Å². The number of halogens is 1. The molecule has 2 aromatic rings. The molecule has 0 radical (unpaired) electrons. The minimum absolute atomic E-state index is 0.218. The van der Waals surface area contributed by atoms with E-state index in [0.717, 1.165) is 5.82 Å². The summed E-state index contributed by atoms with van der Waals surface area (Å²) in [4.78, 5) is 33.5. The first-order valence-electron chi connectivity index (χ1n) is 8.84. The van der Waals surface area contributed by atoms with E-state index < -0.39 is 7.60 Å². The van der Waals surface area contributed by atoms with E-state index in [-0.39, 0.29) is 12.7 Å². The standard InChI is InChI=1S/C16H24ClN6O3P/c1-3-12-19-15(17)14-16(20-12)23(13(4-2)21-14)9-8-22(7-5-6-18)10-11-27(24,25)26/h3-5,7-11H2,1-2H3,(H2,24,25,26).